The van der Waals surface area contributed by atoms with Crippen LogP contribution in [0.4, 0.5) is 13.6 Å². The van der Waals surface area contributed by atoms with Gasteiger partial charge < -0.3 is 10.1 Å². The van der Waals surface area contributed by atoms with E-state index in [4.69, 9.17) is 4.74 Å². The van der Waals surface area contributed by atoms with Crippen molar-refractivity contribution < 1.29 is 18.3 Å². The van der Waals surface area contributed by atoms with Crippen molar-refractivity contribution in [2.24, 2.45) is 5.92 Å². The number of rotatable bonds is 4. The Morgan fingerprint density at radius 1 is 1.03 bits per heavy atom. The van der Waals surface area contributed by atoms with Gasteiger partial charge in [-0.15, -0.1) is 11.5 Å². The second-order valence-electron chi connectivity index (χ2n) is 10.6. The van der Waals surface area contributed by atoms with Crippen molar-refractivity contribution in [1.29, 1.82) is 0 Å². The molecule has 176 valence electrons. The summed E-state index contributed by atoms with van der Waals surface area (Å²) in [6, 6.07) is 1.68. The summed E-state index contributed by atoms with van der Waals surface area (Å²) < 4.78 is 33.4. The second kappa shape index (κ2) is 9.78. The number of hydrogen-bond acceptors (Lipinski definition) is 2. The van der Waals surface area contributed by atoms with Crippen LogP contribution in [-0.2, 0) is 4.74 Å². The molecule has 1 aliphatic carbocycles. The average molecular weight is 462 g/mol. The Labute approximate surface area is 193 Å². The van der Waals surface area contributed by atoms with Gasteiger partial charge in [0.1, 0.15) is 13.7 Å². The lowest BCUT2D eigenvalue weighted by molar-refractivity contribution is 0.0497. The fourth-order valence-corrected chi connectivity index (χ4v) is 10.2. The molecule has 0 fully saturated rings. The topological polar surface area (TPSA) is 38.3 Å². The van der Waals surface area contributed by atoms with Crippen LogP contribution in [-0.4, -0.2) is 19.8 Å². The molecule has 6 heteroatoms. The van der Waals surface area contributed by atoms with E-state index in [1.54, 1.807) is 26.8 Å². The highest BCUT2D eigenvalue weighted by molar-refractivity contribution is 6.90. The Hall–Kier alpha value is -2.13. The van der Waals surface area contributed by atoms with Crippen LogP contribution in [0.1, 0.15) is 79.5 Å². The normalized spacial score (nSPS) is 18.4. The zero-order chi connectivity index (χ0) is 24.4. The number of carbonyl (C=O) groups excluding carboxylic acids is 1. The van der Waals surface area contributed by atoms with Crippen molar-refractivity contribution in [3.8, 4) is 11.5 Å². The van der Waals surface area contributed by atoms with Crippen molar-refractivity contribution in [2.75, 3.05) is 0 Å². The molecule has 1 N–H and O–H groups in total. The fraction of sp³-hybridized carbons (Fsp3) is 0.577. The average Bonchev–Trinajstić information content (AvgIpc) is 2.62. The third-order valence-electron chi connectivity index (χ3n) is 6.30. The predicted molar refractivity (Wildman–Crippen MR) is 130 cm³/mol. The lowest BCUT2D eigenvalue weighted by Crippen LogP contribution is -2.43. The molecule has 1 aromatic rings. The van der Waals surface area contributed by atoms with E-state index in [9.17, 15) is 13.6 Å². The molecule has 1 aliphatic rings. The molecule has 1 aromatic carbocycles. The first-order chi connectivity index (χ1) is 14.7. The maximum absolute atomic E-state index is 14.1. The van der Waals surface area contributed by atoms with E-state index in [2.05, 4.69) is 58.3 Å². The van der Waals surface area contributed by atoms with Gasteiger partial charge in [0.2, 0.25) is 0 Å². The third kappa shape index (κ3) is 5.61. The predicted octanol–water partition coefficient (Wildman–Crippen LogP) is 7.40. The number of hydrogen-bond donors (Lipinski definition) is 1. The summed E-state index contributed by atoms with van der Waals surface area (Å²) in [6.07, 6.45) is 3.02. The van der Waals surface area contributed by atoms with Crippen molar-refractivity contribution in [2.45, 2.75) is 90.6 Å². The molecular formula is C26H37F2NO2Si. The largest absolute Gasteiger partial charge is 0.444 e. The summed E-state index contributed by atoms with van der Waals surface area (Å²) in [5.41, 5.74) is 5.41. The minimum atomic E-state index is -2.00. The van der Waals surface area contributed by atoms with Gasteiger partial charge >= 0.3 is 6.09 Å². The van der Waals surface area contributed by atoms with Gasteiger partial charge in [0.25, 0.3) is 0 Å². The first kappa shape index (κ1) is 26.1. The Kier molecular flexibility index (Phi) is 7.99. The van der Waals surface area contributed by atoms with Crippen LogP contribution >= 0.6 is 0 Å². The quantitative estimate of drug-likeness (QED) is 0.375. The molecule has 0 unspecified atom stereocenters. The first-order valence-electron chi connectivity index (χ1n) is 11.4. The van der Waals surface area contributed by atoms with Crippen molar-refractivity contribution in [3.63, 3.8) is 0 Å². The van der Waals surface area contributed by atoms with Crippen molar-refractivity contribution in [1.82, 2.24) is 5.32 Å². The van der Waals surface area contributed by atoms with Gasteiger partial charge in [-0.2, -0.15) is 0 Å². The lowest BCUT2D eigenvalue weighted by Gasteiger charge is -2.38. The summed E-state index contributed by atoms with van der Waals surface area (Å²) in [4.78, 5) is 12.6. The highest BCUT2D eigenvalue weighted by atomic mass is 28.3. The molecule has 0 spiro atoms. The molecule has 0 saturated carbocycles. The van der Waals surface area contributed by atoms with Crippen LogP contribution in [0.3, 0.4) is 0 Å². The number of nitrogens with one attached hydrogen (secondary N) is 1. The Bertz CT molecular complexity index is 914. The number of ether oxygens (including phenoxy) is 1. The molecule has 0 radical (unpaired) electrons. The van der Waals surface area contributed by atoms with E-state index < -0.39 is 37.4 Å². The molecular weight excluding hydrogens is 424 g/mol. The van der Waals surface area contributed by atoms with Gasteiger partial charge in [-0.25, -0.2) is 13.6 Å². The maximum Gasteiger partial charge on any atom is 0.408 e. The fourth-order valence-electron chi connectivity index (χ4n) is 4.88. The molecule has 2 atom stereocenters. The highest BCUT2D eigenvalue weighted by Crippen LogP contribution is 2.41. The molecule has 2 rings (SSSR count). The van der Waals surface area contributed by atoms with Crippen LogP contribution in [0.2, 0.25) is 16.6 Å². The number of alkyl carbamates (subject to hydrolysis) is 1. The van der Waals surface area contributed by atoms with Crippen molar-refractivity contribution in [3.05, 3.63) is 41.0 Å². The molecule has 0 saturated heterocycles. The molecule has 0 aliphatic heterocycles. The van der Waals surface area contributed by atoms with E-state index in [1.807, 2.05) is 6.08 Å². The Balaban J connectivity index is 2.55. The van der Waals surface area contributed by atoms with Gasteiger partial charge in [-0.1, -0.05) is 53.7 Å². The lowest BCUT2D eigenvalue weighted by atomic mass is 9.85. The van der Waals surface area contributed by atoms with E-state index in [1.165, 1.54) is 0 Å². The monoisotopic (exact) mass is 461 g/mol. The standard InChI is InChI=1S/C26H37F2NO2Si/c1-16(2)32(17(3)4,18(5)6)13-12-19-10-11-20-14-22(27)23(28)15-21(20)24(19)29-25(30)31-26(7,8)9/h10-11,14-19,24H,1-9H3,(H,29,30)/t19-,24+/m0/s1. The van der Waals surface area contributed by atoms with Crippen LogP contribution in [0.5, 0.6) is 0 Å². The van der Waals surface area contributed by atoms with Gasteiger partial charge in [0.15, 0.2) is 11.6 Å². The van der Waals surface area contributed by atoms with E-state index >= 15 is 0 Å². The van der Waals surface area contributed by atoms with Crippen LogP contribution < -0.4 is 5.32 Å². The summed E-state index contributed by atoms with van der Waals surface area (Å²) in [6.45, 7) is 18.8. The molecule has 0 heterocycles. The number of amides is 1. The first-order valence-corrected chi connectivity index (χ1v) is 13.6. The summed E-state index contributed by atoms with van der Waals surface area (Å²) in [5.74, 6) is 1.20. The molecule has 0 aromatic heterocycles. The minimum absolute atomic E-state index is 0.372. The Morgan fingerprint density at radius 3 is 2.06 bits per heavy atom. The number of fused-ring (bicyclic) bond motifs is 1. The second-order valence-corrected chi connectivity index (χ2v) is 16.2. The van der Waals surface area contributed by atoms with Crippen LogP contribution in [0.15, 0.2) is 18.2 Å². The molecule has 0 bridgehead atoms. The van der Waals surface area contributed by atoms with Crippen LogP contribution in [0, 0.1) is 29.0 Å². The highest BCUT2D eigenvalue weighted by Gasteiger charge is 2.42. The van der Waals surface area contributed by atoms with E-state index in [0.717, 1.165) is 12.1 Å². The minimum Gasteiger partial charge on any atom is -0.444 e. The third-order valence-corrected chi connectivity index (χ3v) is 12.6. The number of halogens is 2. The van der Waals surface area contributed by atoms with Gasteiger partial charge in [0.05, 0.1) is 12.0 Å². The number of carbonyl (C=O) groups is 1. The smallest absolute Gasteiger partial charge is 0.408 e. The summed E-state index contributed by atoms with van der Waals surface area (Å²) in [5, 5.41) is 2.86. The summed E-state index contributed by atoms with van der Waals surface area (Å²) >= 11 is 0. The van der Waals surface area contributed by atoms with E-state index in [0.29, 0.717) is 27.8 Å². The Morgan fingerprint density at radius 2 is 1.56 bits per heavy atom. The van der Waals surface area contributed by atoms with Crippen LogP contribution in [0.25, 0.3) is 6.08 Å². The SMILES string of the molecule is CC(C)[Si](C#C[C@@H]1C=Cc2cc(F)c(F)cc2[C@@H]1NC(=O)OC(C)(C)C)(C(C)C)C(C)C. The maximum atomic E-state index is 14.1. The zero-order valence-electron chi connectivity index (χ0n) is 20.8. The van der Waals surface area contributed by atoms with E-state index in [-0.39, 0.29) is 5.92 Å². The molecule has 3 nitrogen and oxygen atoms in total. The number of benzene rings is 1. The molecule has 32 heavy (non-hydrogen) atoms. The van der Waals surface area contributed by atoms with Gasteiger partial charge in [-0.05, 0) is 60.7 Å². The van der Waals surface area contributed by atoms with Gasteiger partial charge in [-0.3, -0.25) is 0 Å². The zero-order valence-corrected chi connectivity index (χ0v) is 21.8. The summed E-state index contributed by atoms with van der Waals surface area (Å²) in [7, 11) is -2.00. The molecule has 1 amide bonds. The van der Waals surface area contributed by atoms with Gasteiger partial charge in [0, 0.05) is 0 Å². The van der Waals surface area contributed by atoms with Crippen molar-refractivity contribution >= 4 is 20.2 Å².